The minimum atomic E-state index is -3.43. The van der Waals surface area contributed by atoms with Crippen molar-refractivity contribution in [2.75, 3.05) is 39.3 Å². The summed E-state index contributed by atoms with van der Waals surface area (Å²) in [6.07, 6.45) is 6.93. The van der Waals surface area contributed by atoms with Gasteiger partial charge in [0.25, 0.3) is 0 Å². The van der Waals surface area contributed by atoms with Crippen LogP contribution >= 0.6 is 0 Å². The Balaban J connectivity index is 1.37. The van der Waals surface area contributed by atoms with Gasteiger partial charge >= 0.3 is 0 Å². The first-order valence-electron chi connectivity index (χ1n) is 12.0. The molecule has 8 heteroatoms. The van der Waals surface area contributed by atoms with E-state index in [0.29, 0.717) is 24.0 Å². The van der Waals surface area contributed by atoms with E-state index in [-0.39, 0.29) is 0 Å². The molecule has 3 saturated heterocycles. The SMILES string of the molecule is CCn1c(CN2CCC(N3CCCC3)C2)nc2cc(S(=O)(=O)N3CCCCC3)ccc21. The van der Waals surface area contributed by atoms with Gasteiger partial charge < -0.3 is 4.57 Å². The first-order chi connectivity index (χ1) is 15.1. The van der Waals surface area contributed by atoms with E-state index in [4.69, 9.17) is 4.98 Å². The smallest absolute Gasteiger partial charge is 0.243 e. The maximum atomic E-state index is 13.1. The van der Waals surface area contributed by atoms with Crippen LogP contribution in [-0.2, 0) is 23.1 Å². The van der Waals surface area contributed by atoms with Crippen LogP contribution in [0.15, 0.2) is 23.1 Å². The maximum Gasteiger partial charge on any atom is 0.243 e. The van der Waals surface area contributed by atoms with Crippen molar-refractivity contribution in [3.8, 4) is 0 Å². The third-order valence-electron chi connectivity index (χ3n) is 7.34. The van der Waals surface area contributed by atoms with Gasteiger partial charge in [0.2, 0.25) is 10.0 Å². The van der Waals surface area contributed by atoms with Gasteiger partial charge in [-0.1, -0.05) is 6.42 Å². The van der Waals surface area contributed by atoms with Crippen LogP contribution in [0.5, 0.6) is 0 Å². The fourth-order valence-corrected chi connectivity index (χ4v) is 7.15. The van der Waals surface area contributed by atoms with Gasteiger partial charge in [-0.3, -0.25) is 9.80 Å². The molecule has 4 heterocycles. The van der Waals surface area contributed by atoms with Crippen LogP contribution < -0.4 is 0 Å². The molecular formula is C23H35N5O2S. The van der Waals surface area contributed by atoms with Crippen LogP contribution in [0.1, 0.15) is 51.3 Å². The molecule has 3 aliphatic rings. The number of piperidine rings is 1. The zero-order valence-electron chi connectivity index (χ0n) is 18.7. The van der Waals surface area contributed by atoms with Gasteiger partial charge in [0.15, 0.2) is 0 Å². The van der Waals surface area contributed by atoms with Gasteiger partial charge in [-0.15, -0.1) is 0 Å². The Kier molecular flexibility index (Phi) is 6.07. The highest BCUT2D eigenvalue weighted by Crippen LogP contribution is 2.27. The standard InChI is InChI=1S/C23H35N5O2S/c1-2-28-22-9-8-20(31(29,30)27-13-4-3-5-14-27)16-21(22)24-23(28)18-25-15-10-19(17-25)26-11-6-7-12-26/h8-9,16,19H,2-7,10-15,17-18H2,1H3. The molecule has 0 amide bonds. The second kappa shape index (κ2) is 8.81. The largest absolute Gasteiger partial charge is 0.327 e. The minimum Gasteiger partial charge on any atom is -0.327 e. The number of hydrogen-bond acceptors (Lipinski definition) is 5. The zero-order valence-corrected chi connectivity index (χ0v) is 19.5. The highest BCUT2D eigenvalue weighted by atomic mass is 32.2. The van der Waals surface area contributed by atoms with Crippen molar-refractivity contribution < 1.29 is 8.42 Å². The summed E-state index contributed by atoms with van der Waals surface area (Å²) in [6.45, 7) is 9.80. The number of fused-ring (bicyclic) bond motifs is 1. The Labute approximate surface area is 186 Å². The lowest BCUT2D eigenvalue weighted by Gasteiger charge is -2.25. The van der Waals surface area contributed by atoms with E-state index in [1.54, 1.807) is 16.4 Å². The normalized spacial score (nSPS) is 24.5. The molecular weight excluding hydrogens is 410 g/mol. The predicted molar refractivity (Wildman–Crippen MR) is 123 cm³/mol. The summed E-state index contributed by atoms with van der Waals surface area (Å²) in [4.78, 5) is 10.5. The summed E-state index contributed by atoms with van der Waals surface area (Å²) in [5.74, 6) is 1.05. The van der Waals surface area contributed by atoms with Crippen molar-refractivity contribution in [1.29, 1.82) is 0 Å². The Morgan fingerprint density at radius 2 is 1.74 bits per heavy atom. The third-order valence-corrected chi connectivity index (χ3v) is 9.23. The van der Waals surface area contributed by atoms with Crippen LogP contribution in [0, 0.1) is 0 Å². The van der Waals surface area contributed by atoms with Crippen LogP contribution in [-0.4, -0.2) is 77.4 Å². The van der Waals surface area contributed by atoms with Crippen LogP contribution in [0.3, 0.4) is 0 Å². The average Bonchev–Trinajstić information content (AvgIpc) is 3.53. The molecule has 3 aliphatic heterocycles. The number of hydrogen-bond donors (Lipinski definition) is 0. The van der Waals surface area contributed by atoms with E-state index >= 15 is 0 Å². The predicted octanol–water partition coefficient (Wildman–Crippen LogP) is 2.90. The number of aryl methyl sites for hydroxylation is 1. The molecule has 0 bridgehead atoms. The number of nitrogens with zero attached hydrogens (tertiary/aromatic N) is 5. The molecule has 170 valence electrons. The number of imidazole rings is 1. The quantitative estimate of drug-likeness (QED) is 0.684. The molecule has 1 aromatic carbocycles. The summed E-state index contributed by atoms with van der Waals surface area (Å²) < 4.78 is 30.1. The minimum absolute atomic E-state index is 0.379. The van der Waals surface area contributed by atoms with Crippen molar-refractivity contribution in [3.63, 3.8) is 0 Å². The lowest BCUT2D eigenvalue weighted by atomic mass is 10.2. The lowest BCUT2D eigenvalue weighted by molar-refractivity contribution is 0.227. The van der Waals surface area contributed by atoms with Gasteiger partial charge in [0.05, 0.1) is 22.5 Å². The average molecular weight is 446 g/mol. The lowest BCUT2D eigenvalue weighted by Crippen LogP contribution is -2.35. The second-order valence-electron chi connectivity index (χ2n) is 9.31. The second-order valence-corrected chi connectivity index (χ2v) is 11.2. The number of likely N-dealkylation sites (tertiary alicyclic amines) is 2. The molecule has 1 unspecified atom stereocenters. The van der Waals surface area contributed by atoms with E-state index in [0.717, 1.165) is 62.3 Å². The van der Waals surface area contributed by atoms with Crippen molar-refractivity contribution in [1.82, 2.24) is 23.7 Å². The molecule has 5 rings (SSSR count). The molecule has 3 fully saturated rings. The number of aromatic nitrogens is 2. The van der Waals surface area contributed by atoms with Gasteiger partial charge in [0.1, 0.15) is 5.82 Å². The molecule has 1 aromatic heterocycles. The van der Waals surface area contributed by atoms with Crippen molar-refractivity contribution in [2.24, 2.45) is 0 Å². The van der Waals surface area contributed by atoms with Crippen molar-refractivity contribution >= 4 is 21.1 Å². The Morgan fingerprint density at radius 3 is 2.48 bits per heavy atom. The summed E-state index contributed by atoms with van der Waals surface area (Å²) in [6, 6.07) is 6.18. The van der Waals surface area contributed by atoms with E-state index in [1.165, 1.54) is 32.4 Å². The summed E-state index contributed by atoms with van der Waals surface area (Å²) in [7, 11) is -3.43. The molecule has 0 spiro atoms. The first-order valence-corrected chi connectivity index (χ1v) is 13.5. The van der Waals surface area contributed by atoms with E-state index in [9.17, 15) is 8.42 Å². The number of rotatable bonds is 6. The van der Waals surface area contributed by atoms with E-state index in [1.807, 2.05) is 6.07 Å². The fourth-order valence-electron chi connectivity index (χ4n) is 5.61. The molecule has 7 nitrogen and oxygen atoms in total. The van der Waals surface area contributed by atoms with Gasteiger partial charge in [-0.05, 0) is 70.3 Å². The number of sulfonamides is 1. The summed E-state index contributed by atoms with van der Waals surface area (Å²) in [5.41, 5.74) is 1.83. The van der Waals surface area contributed by atoms with Crippen molar-refractivity contribution in [3.05, 3.63) is 24.0 Å². The summed E-state index contributed by atoms with van der Waals surface area (Å²) in [5, 5.41) is 0. The molecule has 31 heavy (non-hydrogen) atoms. The Bertz CT molecular complexity index is 1020. The topological polar surface area (TPSA) is 61.7 Å². The monoisotopic (exact) mass is 445 g/mol. The molecule has 0 aliphatic carbocycles. The first kappa shape index (κ1) is 21.4. The molecule has 1 atom stereocenters. The molecule has 0 radical (unpaired) electrons. The highest BCUT2D eigenvalue weighted by Gasteiger charge is 2.30. The van der Waals surface area contributed by atoms with Gasteiger partial charge in [0, 0.05) is 38.8 Å². The van der Waals surface area contributed by atoms with Gasteiger partial charge in [-0.2, -0.15) is 4.31 Å². The Hall–Kier alpha value is -1.48. The number of benzene rings is 1. The molecule has 2 aromatic rings. The van der Waals surface area contributed by atoms with Crippen molar-refractivity contribution in [2.45, 2.75) is 69.5 Å². The zero-order chi connectivity index (χ0) is 21.4. The van der Waals surface area contributed by atoms with Crippen LogP contribution in [0.25, 0.3) is 11.0 Å². The summed E-state index contributed by atoms with van der Waals surface area (Å²) >= 11 is 0. The maximum absolute atomic E-state index is 13.1. The van der Waals surface area contributed by atoms with Crippen LogP contribution in [0.4, 0.5) is 0 Å². The van der Waals surface area contributed by atoms with Crippen LogP contribution in [0.2, 0.25) is 0 Å². The Morgan fingerprint density at radius 1 is 1.00 bits per heavy atom. The van der Waals surface area contributed by atoms with Gasteiger partial charge in [-0.25, -0.2) is 13.4 Å². The molecule has 0 saturated carbocycles. The third kappa shape index (κ3) is 4.15. The van der Waals surface area contributed by atoms with E-state index < -0.39 is 10.0 Å². The molecule has 0 N–H and O–H groups in total. The van der Waals surface area contributed by atoms with E-state index in [2.05, 4.69) is 21.3 Å². The highest BCUT2D eigenvalue weighted by molar-refractivity contribution is 7.89. The fraction of sp³-hybridized carbons (Fsp3) is 0.696.